The van der Waals surface area contributed by atoms with Crippen LogP contribution in [-0.2, 0) is 16.6 Å². The lowest BCUT2D eigenvalue weighted by atomic mass is 9.52. The number of nitrogens with zero attached hydrogens (tertiary/aromatic N) is 1. The van der Waals surface area contributed by atoms with Gasteiger partial charge in [0.05, 0.1) is 20.3 Å². The number of ketones is 1. The summed E-state index contributed by atoms with van der Waals surface area (Å²) in [5, 5.41) is 15.2. The number of likely N-dealkylation sites (N-methyl/N-ethyl adjacent to an activating group) is 1. The first-order valence-electron chi connectivity index (χ1n) is 9.40. The monoisotopic (exact) mass is 361 g/mol. The number of methoxy groups -OCH3 is 1. The fraction of sp³-hybridized carbons (Fsp3) is 0.650. The summed E-state index contributed by atoms with van der Waals surface area (Å²) in [7, 11) is 3.91. The molecule has 0 radical (unpaired) electrons. The fourth-order valence-electron chi connectivity index (χ4n) is 5.67. The van der Waals surface area contributed by atoms with E-state index in [0.29, 0.717) is 18.4 Å². The van der Waals surface area contributed by atoms with Crippen LogP contribution in [-0.4, -0.2) is 67.0 Å². The number of hydrogen-bond acceptors (Lipinski definition) is 6. The Morgan fingerprint density at radius 3 is 2.81 bits per heavy atom. The third kappa shape index (κ3) is 2.25. The number of carbonyl (C=O) groups excluding carboxylic acids is 1. The summed E-state index contributed by atoms with van der Waals surface area (Å²) in [6, 6.07) is 4.73. The molecule has 6 nitrogen and oxygen atoms in total. The van der Waals surface area contributed by atoms with Crippen molar-refractivity contribution in [3.63, 3.8) is 0 Å². The Morgan fingerprint density at radius 1 is 1.35 bits per heavy atom. The van der Waals surface area contributed by atoms with Crippen molar-refractivity contribution in [3.8, 4) is 11.5 Å². The Labute approximate surface area is 153 Å². The zero-order valence-electron chi connectivity index (χ0n) is 15.4. The Morgan fingerprint density at radius 2 is 2.12 bits per heavy atom. The third-order valence-corrected chi connectivity index (χ3v) is 6.69. The van der Waals surface area contributed by atoms with E-state index in [1.54, 1.807) is 7.11 Å². The molecular weight excluding hydrogens is 334 g/mol. The van der Waals surface area contributed by atoms with Gasteiger partial charge >= 0.3 is 0 Å². The molecule has 142 valence electrons. The van der Waals surface area contributed by atoms with Gasteiger partial charge in [0, 0.05) is 23.4 Å². The molecule has 4 aliphatic rings. The van der Waals surface area contributed by atoms with Gasteiger partial charge in [0.2, 0.25) is 0 Å². The second-order valence-corrected chi connectivity index (χ2v) is 7.73. The number of carbonyl (C=O) groups is 1. The molecule has 2 aliphatic heterocycles. The highest BCUT2D eigenvalue weighted by Crippen LogP contribution is 2.62. The molecule has 0 aromatic heterocycles. The van der Waals surface area contributed by atoms with Crippen molar-refractivity contribution in [2.45, 2.75) is 43.2 Å². The number of piperidine rings is 1. The van der Waals surface area contributed by atoms with Gasteiger partial charge in [-0.05, 0) is 50.4 Å². The predicted molar refractivity (Wildman–Crippen MR) is 95.7 cm³/mol. The highest BCUT2D eigenvalue weighted by molar-refractivity contribution is 5.89. The average molecular weight is 361 g/mol. The highest BCUT2D eigenvalue weighted by atomic mass is 16.5. The zero-order chi connectivity index (χ0) is 18.5. The molecule has 1 saturated heterocycles. The molecule has 2 aliphatic carbocycles. The molecule has 1 spiro atoms. The summed E-state index contributed by atoms with van der Waals surface area (Å²) < 4.78 is 11.8. The number of likely N-dealkylation sites (tertiary alicyclic amines) is 1. The van der Waals surface area contributed by atoms with Crippen molar-refractivity contribution in [3.05, 3.63) is 23.3 Å². The van der Waals surface area contributed by atoms with Gasteiger partial charge in [0.15, 0.2) is 23.4 Å². The number of Topliss-reactive ketones (excluding diaryl/α,β-unsaturated/α-hetero) is 1. The quantitative estimate of drug-likeness (QED) is 0.815. The lowest BCUT2D eigenvalue weighted by Gasteiger charge is -2.57. The van der Waals surface area contributed by atoms with Gasteiger partial charge in [-0.1, -0.05) is 6.07 Å². The van der Waals surface area contributed by atoms with Crippen LogP contribution in [0.3, 0.4) is 0 Å². The molecule has 2 fully saturated rings. The fourth-order valence-corrected chi connectivity index (χ4v) is 5.67. The van der Waals surface area contributed by atoms with Gasteiger partial charge in [-0.3, -0.25) is 4.79 Å². The van der Waals surface area contributed by atoms with Crippen LogP contribution in [0.4, 0.5) is 0 Å². The third-order valence-electron chi connectivity index (χ3n) is 6.69. The molecule has 26 heavy (non-hydrogen) atoms. The SMILES string of the molecule is COc1ccc2c3c1O[C@H]1C(=O)CC[C@H]4[C@@H](C2)N(C)CC[C@]314.OCCO. The first-order chi connectivity index (χ1) is 12.6. The minimum atomic E-state index is -0.284. The van der Waals surface area contributed by atoms with Crippen molar-refractivity contribution < 1.29 is 24.5 Å². The highest BCUT2D eigenvalue weighted by Gasteiger charge is 2.65. The Balaban J connectivity index is 0.000000385. The predicted octanol–water partition coefficient (Wildman–Crippen LogP) is 0.904. The lowest BCUT2D eigenvalue weighted by molar-refractivity contribution is -0.138. The number of rotatable bonds is 2. The molecule has 0 amide bonds. The van der Waals surface area contributed by atoms with Crippen LogP contribution in [0.25, 0.3) is 0 Å². The van der Waals surface area contributed by atoms with Crippen molar-refractivity contribution >= 4 is 5.78 Å². The van der Waals surface area contributed by atoms with Crippen LogP contribution < -0.4 is 9.47 Å². The molecule has 4 atom stereocenters. The van der Waals surface area contributed by atoms with Crippen molar-refractivity contribution in [1.29, 1.82) is 0 Å². The van der Waals surface area contributed by atoms with E-state index in [1.807, 2.05) is 6.07 Å². The van der Waals surface area contributed by atoms with Gasteiger partial charge in [-0.15, -0.1) is 0 Å². The number of ether oxygens (including phenoxy) is 2. The topological polar surface area (TPSA) is 79.2 Å². The maximum absolute atomic E-state index is 12.6. The number of aliphatic hydroxyl groups excluding tert-OH is 2. The smallest absolute Gasteiger partial charge is 0.174 e. The zero-order valence-corrected chi connectivity index (χ0v) is 15.4. The molecule has 1 aromatic rings. The number of benzene rings is 1. The minimum absolute atomic E-state index is 0.0933. The second-order valence-electron chi connectivity index (χ2n) is 7.73. The van der Waals surface area contributed by atoms with Gasteiger partial charge in [0.25, 0.3) is 0 Å². The summed E-state index contributed by atoms with van der Waals surface area (Å²) in [5.74, 6) is 2.46. The van der Waals surface area contributed by atoms with Crippen molar-refractivity contribution in [2.24, 2.45) is 5.92 Å². The van der Waals surface area contributed by atoms with E-state index in [2.05, 4.69) is 18.0 Å². The maximum atomic E-state index is 12.6. The van der Waals surface area contributed by atoms with E-state index in [9.17, 15) is 4.79 Å². The molecule has 0 unspecified atom stereocenters. The van der Waals surface area contributed by atoms with Crippen LogP contribution >= 0.6 is 0 Å². The van der Waals surface area contributed by atoms with Gasteiger partial charge in [-0.2, -0.15) is 0 Å². The largest absolute Gasteiger partial charge is 0.493 e. The first kappa shape index (κ1) is 17.8. The second kappa shape index (κ2) is 6.51. The summed E-state index contributed by atoms with van der Waals surface area (Å²) in [6.07, 6.45) is 3.47. The van der Waals surface area contributed by atoms with Gasteiger partial charge < -0.3 is 24.6 Å². The summed E-state index contributed by atoms with van der Waals surface area (Å²) in [5.41, 5.74) is 2.57. The Bertz CT molecular complexity index is 718. The van der Waals surface area contributed by atoms with Crippen LogP contribution in [0.15, 0.2) is 12.1 Å². The summed E-state index contributed by atoms with van der Waals surface area (Å²) in [4.78, 5) is 15.1. The molecule has 1 aromatic carbocycles. The number of hydrogen-bond donors (Lipinski definition) is 2. The summed E-state index contributed by atoms with van der Waals surface area (Å²) in [6.45, 7) is 0.796. The van der Waals surface area contributed by atoms with Gasteiger partial charge in [-0.25, -0.2) is 0 Å². The normalized spacial score (nSPS) is 33.7. The van der Waals surface area contributed by atoms with E-state index in [4.69, 9.17) is 19.7 Å². The van der Waals surface area contributed by atoms with Crippen LogP contribution in [0.5, 0.6) is 11.5 Å². The van der Waals surface area contributed by atoms with Crippen molar-refractivity contribution in [1.82, 2.24) is 4.90 Å². The molecular formula is C20H27NO5. The Kier molecular flexibility index (Phi) is 4.45. The van der Waals surface area contributed by atoms with Crippen molar-refractivity contribution in [2.75, 3.05) is 33.9 Å². The van der Waals surface area contributed by atoms with E-state index in [0.717, 1.165) is 37.3 Å². The molecule has 1 saturated carbocycles. The molecule has 5 rings (SSSR count). The number of aliphatic hydroxyl groups is 2. The molecule has 6 heteroatoms. The van der Waals surface area contributed by atoms with E-state index in [1.165, 1.54) is 11.1 Å². The summed E-state index contributed by atoms with van der Waals surface area (Å²) >= 11 is 0. The van der Waals surface area contributed by atoms with E-state index < -0.39 is 0 Å². The van der Waals surface area contributed by atoms with Crippen LogP contribution in [0.1, 0.15) is 30.4 Å². The van der Waals surface area contributed by atoms with Crippen LogP contribution in [0, 0.1) is 5.92 Å². The standard InChI is InChI=1S/C18H21NO3.C2H6O2/c1-19-8-7-18-11-4-5-13(20)17(18)22-16-14(21-2)6-3-10(15(16)18)9-12(11)19;3-1-2-4/h3,6,11-12,17H,4-5,7-9H2,1-2H3;3-4H,1-2H2/t11-,12+,17-,18-;/m0./s1. The van der Waals surface area contributed by atoms with E-state index in [-0.39, 0.29) is 30.5 Å². The van der Waals surface area contributed by atoms with E-state index >= 15 is 0 Å². The minimum Gasteiger partial charge on any atom is -0.493 e. The first-order valence-corrected chi connectivity index (χ1v) is 9.40. The van der Waals surface area contributed by atoms with Gasteiger partial charge in [0.1, 0.15) is 0 Å². The van der Waals surface area contributed by atoms with Crippen LogP contribution in [0.2, 0.25) is 0 Å². The molecule has 2 heterocycles. The average Bonchev–Trinajstić information content (AvgIpc) is 3.02. The Hall–Kier alpha value is -1.63. The maximum Gasteiger partial charge on any atom is 0.174 e. The lowest BCUT2D eigenvalue weighted by Crippen LogP contribution is -2.65. The molecule has 2 N–H and O–H groups in total. The molecule has 2 bridgehead atoms.